The molecule has 30 heavy (non-hydrogen) atoms. The zero-order valence-electron chi connectivity index (χ0n) is 16.5. The van der Waals surface area contributed by atoms with Crippen LogP contribution in [0.15, 0.2) is 36.5 Å². The zero-order chi connectivity index (χ0) is 21.3. The van der Waals surface area contributed by atoms with Gasteiger partial charge in [-0.2, -0.15) is 0 Å². The Morgan fingerprint density at radius 2 is 2.03 bits per heavy atom. The van der Waals surface area contributed by atoms with Crippen LogP contribution >= 0.6 is 0 Å². The summed E-state index contributed by atoms with van der Waals surface area (Å²) in [6.45, 7) is 1.50. The minimum Gasteiger partial charge on any atom is -0.434 e. The maximum Gasteiger partial charge on any atom is 0.415 e. The van der Waals surface area contributed by atoms with Gasteiger partial charge in [0.05, 0.1) is 18.3 Å². The topological polar surface area (TPSA) is 95.0 Å². The van der Waals surface area contributed by atoms with Gasteiger partial charge in [-0.1, -0.05) is 0 Å². The molecule has 0 radical (unpaired) electrons. The molecule has 2 aliphatic rings. The number of rotatable bonds is 4. The Bertz CT molecular complexity index is 945. The lowest BCUT2D eigenvalue weighted by Crippen LogP contribution is -2.36. The number of carbonyl (C=O) groups is 2. The van der Waals surface area contributed by atoms with Gasteiger partial charge in [-0.25, -0.2) is 14.2 Å². The average Bonchev–Trinajstić information content (AvgIpc) is 3.15. The van der Waals surface area contributed by atoms with Crippen molar-refractivity contribution in [3.63, 3.8) is 0 Å². The molecular weight excluding hydrogens is 391 g/mol. The summed E-state index contributed by atoms with van der Waals surface area (Å²) >= 11 is 0. The van der Waals surface area contributed by atoms with Gasteiger partial charge in [0.25, 0.3) is 5.91 Å². The number of nitrogens with zero attached hydrogens (tertiary/aromatic N) is 3. The van der Waals surface area contributed by atoms with Gasteiger partial charge in [0.1, 0.15) is 11.6 Å². The van der Waals surface area contributed by atoms with Gasteiger partial charge in [0, 0.05) is 37.5 Å². The lowest BCUT2D eigenvalue weighted by molar-refractivity contribution is -0.127. The highest BCUT2D eigenvalue weighted by Crippen LogP contribution is 2.30. The number of ether oxygens (including phenoxy) is 1. The molecule has 2 aromatic rings. The Morgan fingerprint density at radius 3 is 2.67 bits per heavy atom. The number of hydrogen-bond acceptors (Lipinski definition) is 6. The van der Waals surface area contributed by atoms with Crippen LogP contribution in [-0.4, -0.2) is 61.0 Å². The van der Waals surface area contributed by atoms with Gasteiger partial charge in [-0.05, 0) is 43.2 Å². The third-order valence-electron chi connectivity index (χ3n) is 5.46. The molecule has 2 amide bonds. The van der Waals surface area contributed by atoms with Crippen molar-refractivity contribution in [1.29, 1.82) is 0 Å². The molecule has 2 fully saturated rings. The van der Waals surface area contributed by atoms with E-state index in [9.17, 15) is 19.1 Å². The van der Waals surface area contributed by atoms with E-state index in [2.05, 4.69) is 15.2 Å². The molecule has 4 rings (SSSR count). The third-order valence-corrected chi connectivity index (χ3v) is 5.46. The molecule has 2 N–H and O–H groups in total. The monoisotopic (exact) mass is 414 g/mol. The van der Waals surface area contributed by atoms with Gasteiger partial charge < -0.3 is 20.1 Å². The molecule has 0 aliphatic carbocycles. The first-order chi connectivity index (χ1) is 14.5. The van der Waals surface area contributed by atoms with Crippen LogP contribution in [-0.2, 0) is 9.53 Å². The summed E-state index contributed by atoms with van der Waals surface area (Å²) < 4.78 is 19.8. The predicted molar refractivity (Wildman–Crippen MR) is 109 cm³/mol. The molecule has 1 atom stereocenters. The van der Waals surface area contributed by atoms with Crippen molar-refractivity contribution in [2.45, 2.75) is 25.0 Å². The number of likely N-dealkylation sites (N-methyl/N-ethyl adjacent to an activating group) is 1. The van der Waals surface area contributed by atoms with Gasteiger partial charge >= 0.3 is 6.09 Å². The first-order valence-electron chi connectivity index (χ1n) is 9.85. The highest BCUT2D eigenvalue weighted by Gasteiger charge is 2.36. The minimum absolute atomic E-state index is 0.0259. The number of piperidine rings is 1. The molecule has 8 nitrogen and oxygen atoms in total. The number of carbonyl (C=O) groups excluding carboxylic acids is 2. The number of nitrogens with one attached hydrogen (secondary N) is 1. The molecule has 0 unspecified atom stereocenters. The number of benzene rings is 1. The summed E-state index contributed by atoms with van der Waals surface area (Å²) in [6.07, 6.45) is 1.17. The molecule has 158 valence electrons. The molecule has 1 aromatic carbocycles. The van der Waals surface area contributed by atoms with Crippen LogP contribution < -0.4 is 15.1 Å². The molecule has 1 aromatic heterocycles. The summed E-state index contributed by atoms with van der Waals surface area (Å²) in [5.74, 6) is -0.112. The normalized spacial score (nSPS) is 19.7. The largest absolute Gasteiger partial charge is 0.434 e. The lowest BCUT2D eigenvalue weighted by Gasteiger charge is -2.30. The van der Waals surface area contributed by atoms with Crippen LogP contribution in [0.4, 0.5) is 20.7 Å². The molecule has 0 saturated carbocycles. The van der Waals surface area contributed by atoms with Crippen LogP contribution in [0.25, 0.3) is 11.1 Å². The number of cyclic esters (lactones) is 1. The zero-order valence-corrected chi connectivity index (χ0v) is 16.5. The Hall–Kier alpha value is -3.20. The van der Waals surface area contributed by atoms with Crippen molar-refractivity contribution in [3.8, 4) is 11.1 Å². The summed E-state index contributed by atoms with van der Waals surface area (Å²) in [5.41, 5.74) is 1.30. The summed E-state index contributed by atoms with van der Waals surface area (Å²) in [4.78, 5) is 31.5. The number of hydrogen-bond donors (Lipinski definition) is 2. The number of anilines is 2. The number of pyridine rings is 1. The Morgan fingerprint density at radius 1 is 1.27 bits per heavy atom. The van der Waals surface area contributed by atoms with Gasteiger partial charge in [-0.3, -0.25) is 9.69 Å². The van der Waals surface area contributed by atoms with E-state index in [1.54, 1.807) is 24.4 Å². The quantitative estimate of drug-likeness (QED) is 0.794. The molecule has 2 aliphatic heterocycles. The maximum absolute atomic E-state index is 14.8. The number of aromatic nitrogens is 1. The first kappa shape index (κ1) is 20.1. The summed E-state index contributed by atoms with van der Waals surface area (Å²) in [6, 6.07) is 8.09. The van der Waals surface area contributed by atoms with Crippen LogP contribution in [0.1, 0.15) is 12.8 Å². The molecular formula is C21H23FN4O4. The van der Waals surface area contributed by atoms with Crippen LogP contribution in [0.5, 0.6) is 0 Å². The summed E-state index contributed by atoms with van der Waals surface area (Å²) in [7, 11) is 1.46. The van der Waals surface area contributed by atoms with Gasteiger partial charge in [-0.15, -0.1) is 0 Å². The fourth-order valence-corrected chi connectivity index (χ4v) is 3.70. The van der Waals surface area contributed by atoms with Crippen molar-refractivity contribution in [3.05, 3.63) is 42.3 Å². The molecule has 0 spiro atoms. The van der Waals surface area contributed by atoms with Crippen molar-refractivity contribution in [2.75, 3.05) is 36.5 Å². The van der Waals surface area contributed by atoms with Crippen molar-refractivity contribution < 1.29 is 23.8 Å². The number of aliphatic hydroxyl groups excluding tert-OH is 1. The van der Waals surface area contributed by atoms with Crippen molar-refractivity contribution in [1.82, 2.24) is 10.3 Å². The van der Waals surface area contributed by atoms with E-state index in [0.29, 0.717) is 29.7 Å². The molecule has 2 saturated heterocycles. The highest BCUT2D eigenvalue weighted by atomic mass is 19.1. The molecule has 9 heteroatoms. The lowest BCUT2D eigenvalue weighted by atomic mass is 10.1. The van der Waals surface area contributed by atoms with E-state index in [1.165, 1.54) is 18.0 Å². The molecule has 3 heterocycles. The van der Waals surface area contributed by atoms with Crippen LogP contribution in [0.3, 0.4) is 0 Å². The fourth-order valence-electron chi connectivity index (χ4n) is 3.70. The minimum atomic E-state index is -0.919. The smallest absolute Gasteiger partial charge is 0.415 e. The van der Waals surface area contributed by atoms with Crippen molar-refractivity contribution >= 4 is 23.5 Å². The Labute approximate surface area is 173 Å². The van der Waals surface area contributed by atoms with E-state index >= 15 is 0 Å². The summed E-state index contributed by atoms with van der Waals surface area (Å²) in [5, 5.41) is 12.1. The van der Waals surface area contributed by atoms with E-state index in [4.69, 9.17) is 4.74 Å². The second-order valence-electron chi connectivity index (χ2n) is 7.38. The Kier molecular flexibility index (Phi) is 5.54. The number of aliphatic hydroxyl groups is 1. The van der Waals surface area contributed by atoms with Gasteiger partial charge in [0.2, 0.25) is 0 Å². The van der Waals surface area contributed by atoms with Crippen LogP contribution in [0, 0.1) is 5.82 Å². The number of halogens is 1. The maximum atomic E-state index is 14.8. The third kappa shape index (κ3) is 3.93. The highest BCUT2D eigenvalue weighted by molar-refractivity contribution is 5.95. The van der Waals surface area contributed by atoms with E-state index in [1.807, 2.05) is 6.07 Å². The Balaban J connectivity index is 1.50. The first-order valence-corrected chi connectivity index (χ1v) is 9.85. The van der Waals surface area contributed by atoms with Gasteiger partial charge in [0.15, 0.2) is 6.10 Å². The van der Waals surface area contributed by atoms with E-state index < -0.39 is 23.9 Å². The van der Waals surface area contributed by atoms with Crippen molar-refractivity contribution in [2.24, 2.45) is 0 Å². The van der Waals surface area contributed by atoms with Crippen LogP contribution in [0.2, 0.25) is 0 Å². The average molecular weight is 414 g/mol. The predicted octanol–water partition coefficient (Wildman–Crippen LogP) is 1.92. The standard InChI is InChI=1S/C21H23FN4O4/c1-23-20(28)18-12-26(21(29)30-18)14-3-4-16(17(22)10-14)13-2-5-19(24-11-13)25-8-6-15(27)7-9-25/h2-5,10-11,15,18,27H,6-9,12H2,1H3,(H,23,28)/t18-/m1/s1. The SMILES string of the molecule is CNC(=O)[C@H]1CN(c2ccc(-c3ccc(N4CCC(O)CC4)nc3)c(F)c2)C(=O)O1. The van der Waals surface area contributed by atoms with E-state index in [-0.39, 0.29) is 12.6 Å². The second kappa shape index (κ2) is 8.27. The molecule has 0 bridgehead atoms. The van der Waals surface area contributed by atoms with E-state index in [0.717, 1.165) is 18.9 Å². The number of amides is 2. The second-order valence-corrected chi connectivity index (χ2v) is 7.38. The fraction of sp³-hybridized carbons (Fsp3) is 0.381.